The number of carboxylic acid groups (broad SMARTS) is 1. The van der Waals surface area contributed by atoms with Gasteiger partial charge in [-0.2, -0.15) is 4.98 Å². The molecule has 17 heteroatoms. The zero-order chi connectivity index (χ0) is 38.8. The highest BCUT2D eigenvalue weighted by Gasteiger charge is 2.25. The number of nitrogens with zero attached hydrogens (tertiary/aromatic N) is 6. The summed E-state index contributed by atoms with van der Waals surface area (Å²) in [4.78, 5) is 51.7. The summed E-state index contributed by atoms with van der Waals surface area (Å²) in [6, 6.07) is 13.5. The Morgan fingerprint density at radius 1 is 0.778 bits per heavy atom. The van der Waals surface area contributed by atoms with Crippen molar-refractivity contribution in [3.8, 4) is 22.5 Å². The van der Waals surface area contributed by atoms with E-state index in [1.807, 2.05) is 30.3 Å². The van der Waals surface area contributed by atoms with Crippen LogP contribution in [-0.2, 0) is 6.42 Å². The second-order valence-electron chi connectivity index (χ2n) is 11.7. The van der Waals surface area contributed by atoms with Crippen molar-refractivity contribution in [3.05, 3.63) is 136 Å². The lowest BCUT2D eigenvalue weighted by atomic mass is 10.0. The quantitative estimate of drug-likeness (QED) is 0.118. The molecule has 0 spiro atoms. The molecule has 2 N–H and O–H groups in total. The van der Waals surface area contributed by atoms with Crippen LogP contribution in [0.25, 0.3) is 28.3 Å². The minimum absolute atomic E-state index is 0.0203. The second kappa shape index (κ2) is 14.9. The van der Waals surface area contributed by atoms with Crippen LogP contribution < -0.4 is 5.32 Å². The first-order valence-corrected chi connectivity index (χ1v) is 15.9. The van der Waals surface area contributed by atoms with Gasteiger partial charge in [0, 0.05) is 38.2 Å². The molecule has 0 fully saturated rings. The summed E-state index contributed by atoms with van der Waals surface area (Å²) in [5, 5.41) is 15.4. The number of halogens is 4. The van der Waals surface area contributed by atoms with Crippen molar-refractivity contribution >= 4 is 29.1 Å². The molecular formula is C37H27F4N7O6. The topological polar surface area (TPSA) is 179 Å². The number of hydrogen-bond acceptors (Lipinski definition) is 10. The van der Waals surface area contributed by atoms with E-state index in [2.05, 4.69) is 30.4 Å². The first-order valence-electron chi connectivity index (χ1n) is 15.9. The fourth-order valence-electron chi connectivity index (χ4n) is 5.41. The molecule has 0 bridgehead atoms. The van der Waals surface area contributed by atoms with Crippen molar-refractivity contribution in [2.24, 2.45) is 0 Å². The molecule has 0 saturated carbocycles. The highest BCUT2D eigenvalue weighted by atomic mass is 19.1. The molecule has 0 aliphatic rings. The van der Waals surface area contributed by atoms with Crippen molar-refractivity contribution in [2.75, 3.05) is 5.32 Å². The summed E-state index contributed by atoms with van der Waals surface area (Å²) in [7, 11) is 0. The van der Waals surface area contributed by atoms with Crippen molar-refractivity contribution < 1.29 is 45.9 Å². The standard InChI is InChI=1S/C23H16F2N6O2.C14H11F2NO4/c1-12-20(33-13(2)27-12)22(32)28-17-9-8-16(24)18(19(17)25)21-29-23-26-10-15(11-31(23)30-21)14-6-4-3-5-7-14;1-6-13(21-7(2)17-6)10(18)5-8-3-4-9(15)11(12(8)16)14(19)20/h3-11H,1-2H3,(H,28,32);3-4H,5H2,1-2H3,(H,19,20). The molecular weight excluding hydrogens is 714 g/mol. The van der Waals surface area contributed by atoms with Crippen LogP contribution in [0.2, 0.25) is 0 Å². The normalized spacial score (nSPS) is 11.0. The van der Waals surface area contributed by atoms with Crippen LogP contribution in [-0.4, -0.2) is 52.3 Å². The molecule has 0 radical (unpaired) electrons. The number of aromatic carboxylic acids is 1. The van der Waals surface area contributed by atoms with Crippen LogP contribution in [0, 0.1) is 51.0 Å². The Hall–Kier alpha value is -7.04. The number of oxazole rings is 2. The van der Waals surface area contributed by atoms with Gasteiger partial charge in [0.05, 0.1) is 22.6 Å². The second-order valence-corrected chi connectivity index (χ2v) is 11.7. The largest absolute Gasteiger partial charge is 0.477 e. The predicted octanol–water partition coefficient (Wildman–Crippen LogP) is 7.29. The van der Waals surface area contributed by atoms with Crippen LogP contribution in [0.1, 0.15) is 60.2 Å². The number of ketones is 1. The van der Waals surface area contributed by atoms with E-state index < -0.39 is 58.5 Å². The van der Waals surface area contributed by atoms with Crippen LogP contribution in [0.3, 0.4) is 0 Å². The minimum atomic E-state index is -1.73. The number of aromatic nitrogens is 6. The number of rotatable bonds is 8. The maximum absolute atomic E-state index is 15.3. The third-order valence-corrected chi connectivity index (χ3v) is 7.87. The first-order chi connectivity index (χ1) is 25.7. The highest BCUT2D eigenvalue weighted by molar-refractivity contribution is 6.03. The molecule has 7 rings (SSSR count). The fourth-order valence-corrected chi connectivity index (χ4v) is 5.41. The smallest absolute Gasteiger partial charge is 0.341 e. The maximum Gasteiger partial charge on any atom is 0.341 e. The van der Waals surface area contributed by atoms with Gasteiger partial charge >= 0.3 is 5.97 Å². The summed E-state index contributed by atoms with van der Waals surface area (Å²) in [6.07, 6.45) is 2.83. The molecule has 274 valence electrons. The predicted molar refractivity (Wildman–Crippen MR) is 183 cm³/mol. The number of carbonyl (C=O) groups excluding carboxylic acids is 2. The Morgan fingerprint density at radius 2 is 1.43 bits per heavy atom. The summed E-state index contributed by atoms with van der Waals surface area (Å²) in [5.74, 6) is -6.86. The zero-order valence-corrected chi connectivity index (χ0v) is 28.7. The Labute approximate surface area is 302 Å². The molecule has 0 atom stereocenters. The Balaban J connectivity index is 0.000000205. The number of benzene rings is 3. The molecule has 3 aromatic carbocycles. The van der Waals surface area contributed by atoms with Gasteiger partial charge in [0.15, 0.2) is 29.2 Å². The van der Waals surface area contributed by atoms with Crippen molar-refractivity contribution in [2.45, 2.75) is 34.1 Å². The number of carbonyl (C=O) groups is 3. The minimum Gasteiger partial charge on any atom is -0.477 e. The van der Waals surface area contributed by atoms with E-state index in [-0.39, 0.29) is 34.4 Å². The summed E-state index contributed by atoms with van der Waals surface area (Å²) < 4.78 is 68.8. The van der Waals surface area contributed by atoms with E-state index in [1.54, 1.807) is 40.1 Å². The molecule has 4 aromatic heterocycles. The van der Waals surface area contributed by atoms with Crippen LogP contribution in [0.5, 0.6) is 0 Å². The number of hydrogen-bond donors (Lipinski definition) is 2. The summed E-state index contributed by atoms with van der Waals surface area (Å²) >= 11 is 0. The van der Waals surface area contributed by atoms with Gasteiger partial charge in [0.25, 0.3) is 11.7 Å². The average Bonchev–Trinajstić information content (AvgIpc) is 3.82. The molecule has 0 aliphatic carbocycles. The lowest BCUT2D eigenvalue weighted by Gasteiger charge is -2.08. The fraction of sp³-hybridized carbons (Fsp3) is 0.135. The van der Waals surface area contributed by atoms with Gasteiger partial charge in [0.1, 0.15) is 23.0 Å². The molecule has 4 heterocycles. The van der Waals surface area contributed by atoms with Gasteiger partial charge in [-0.1, -0.05) is 36.4 Å². The molecule has 0 saturated heterocycles. The van der Waals surface area contributed by atoms with E-state index in [0.717, 1.165) is 35.4 Å². The highest BCUT2D eigenvalue weighted by Crippen LogP contribution is 2.30. The van der Waals surface area contributed by atoms with Gasteiger partial charge in [-0.05, 0) is 43.2 Å². The maximum atomic E-state index is 15.3. The van der Waals surface area contributed by atoms with Gasteiger partial charge < -0.3 is 19.3 Å². The average molecular weight is 742 g/mol. The lowest BCUT2D eigenvalue weighted by Crippen LogP contribution is -2.14. The number of nitrogens with one attached hydrogen (secondary N) is 1. The van der Waals surface area contributed by atoms with Crippen LogP contribution in [0.4, 0.5) is 23.2 Å². The van der Waals surface area contributed by atoms with E-state index in [1.165, 1.54) is 4.52 Å². The first kappa shape index (κ1) is 36.7. The van der Waals surface area contributed by atoms with Crippen LogP contribution >= 0.6 is 0 Å². The zero-order valence-electron chi connectivity index (χ0n) is 28.7. The monoisotopic (exact) mass is 741 g/mol. The van der Waals surface area contributed by atoms with Gasteiger partial charge in [-0.3, -0.25) is 9.59 Å². The Kier molecular flexibility index (Phi) is 10.1. The molecule has 54 heavy (non-hydrogen) atoms. The lowest BCUT2D eigenvalue weighted by molar-refractivity contribution is 0.0685. The Bertz CT molecular complexity index is 2580. The summed E-state index contributed by atoms with van der Waals surface area (Å²) in [5.41, 5.74) is 0.362. The molecule has 13 nitrogen and oxygen atoms in total. The molecule has 0 aliphatic heterocycles. The third kappa shape index (κ3) is 7.45. The number of aryl methyl sites for hydroxylation is 4. The summed E-state index contributed by atoms with van der Waals surface area (Å²) in [6.45, 7) is 6.31. The Morgan fingerprint density at radius 3 is 2.06 bits per heavy atom. The number of fused-ring (bicyclic) bond motifs is 1. The van der Waals surface area contributed by atoms with E-state index in [0.29, 0.717) is 23.2 Å². The van der Waals surface area contributed by atoms with Crippen molar-refractivity contribution in [1.29, 1.82) is 0 Å². The number of Topliss-reactive ketones (excluding diaryl/α,β-unsaturated/α-hetero) is 1. The van der Waals surface area contributed by atoms with Crippen molar-refractivity contribution in [3.63, 3.8) is 0 Å². The van der Waals surface area contributed by atoms with E-state index in [4.69, 9.17) is 13.9 Å². The molecule has 7 aromatic rings. The SMILES string of the molecule is Cc1nc(C)c(C(=O)Cc2ccc(F)c(C(=O)O)c2F)o1.Cc1nc(C)c(C(=O)Nc2ccc(F)c(-c3nc4ncc(-c5ccccc5)cn4n3)c2F)o1. The van der Waals surface area contributed by atoms with E-state index in [9.17, 15) is 27.6 Å². The van der Waals surface area contributed by atoms with Gasteiger partial charge in [-0.25, -0.2) is 41.8 Å². The third-order valence-electron chi connectivity index (χ3n) is 7.87. The van der Waals surface area contributed by atoms with E-state index >= 15 is 4.39 Å². The molecule has 1 amide bonds. The van der Waals surface area contributed by atoms with Crippen molar-refractivity contribution in [1.82, 2.24) is 29.5 Å². The molecule has 0 unspecified atom stereocenters. The van der Waals surface area contributed by atoms with Gasteiger partial charge in [-0.15, -0.1) is 5.10 Å². The van der Waals surface area contributed by atoms with Crippen LogP contribution in [0.15, 0.2) is 75.8 Å². The number of carboxylic acids is 1. The number of amides is 1. The van der Waals surface area contributed by atoms with Gasteiger partial charge in [0.2, 0.25) is 11.5 Å². The number of anilines is 1.